The lowest BCUT2D eigenvalue weighted by molar-refractivity contribution is -0.143. The highest BCUT2D eigenvalue weighted by atomic mass is 16.5. The molecule has 2 aliphatic heterocycles. The number of aromatic hydroxyl groups is 1. The molecule has 0 aliphatic carbocycles. The molecule has 0 unspecified atom stereocenters. The molecule has 2 aromatic carbocycles. The van der Waals surface area contributed by atoms with Crippen molar-refractivity contribution in [1.82, 2.24) is 19.6 Å². The van der Waals surface area contributed by atoms with E-state index in [4.69, 9.17) is 4.74 Å². The molecule has 4 rings (SSSR count). The number of carbonyl (C=O) groups excluding carboxylic acids is 2. The van der Waals surface area contributed by atoms with Gasteiger partial charge in [-0.3, -0.25) is 19.4 Å². The fourth-order valence-electron chi connectivity index (χ4n) is 6.34. The molecule has 42 heavy (non-hydrogen) atoms. The summed E-state index contributed by atoms with van der Waals surface area (Å²) in [6, 6.07) is 16.2. The van der Waals surface area contributed by atoms with E-state index in [9.17, 15) is 14.7 Å². The van der Waals surface area contributed by atoms with Gasteiger partial charge in [-0.2, -0.15) is 0 Å². The maximum Gasteiger partial charge on any atom is 0.305 e. The van der Waals surface area contributed by atoms with Gasteiger partial charge in [0, 0.05) is 63.3 Å². The van der Waals surface area contributed by atoms with Gasteiger partial charge in [0.05, 0.1) is 12.6 Å². The molecule has 0 bridgehead atoms. The van der Waals surface area contributed by atoms with E-state index in [-0.39, 0.29) is 23.7 Å². The molecule has 0 radical (unpaired) electrons. The molecule has 2 aliphatic rings. The van der Waals surface area contributed by atoms with Gasteiger partial charge in [-0.25, -0.2) is 0 Å². The molecule has 2 saturated heterocycles. The first-order valence-electron chi connectivity index (χ1n) is 15.5. The van der Waals surface area contributed by atoms with E-state index in [1.807, 2.05) is 42.2 Å². The molecular weight excluding hydrogens is 528 g/mol. The second-order valence-electron chi connectivity index (χ2n) is 11.7. The summed E-state index contributed by atoms with van der Waals surface area (Å²) in [5.41, 5.74) is 2.85. The molecule has 8 nitrogen and oxygen atoms in total. The number of phenolic OH excluding ortho intramolecular Hbond substituents is 1. The standard InChI is InChI=1S/C34H48N4O4/c1-5-17-37-24-27(4)38(25-26(37)3)33(30-10-7-11-31(39)23-30)28-13-15-29(16-14-28)34(41)36-20-9-19-35(21-22-36)18-8-12-32(40)42-6-2/h5,7,10-11,13-16,23,26-27,33,39H,1,6,8-9,12,17-22,24-25H2,2-4H3/t26-,27+,33-/m1/s1. The molecule has 228 valence electrons. The predicted octanol–water partition coefficient (Wildman–Crippen LogP) is 4.55. The van der Waals surface area contributed by atoms with Crippen LogP contribution in [0.5, 0.6) is 5.75 Å². The highest BCUT2D eigenvalue weighted by Crippen LogP contribution is 2.34. The van der Waals surface area contributed by atoms with Crippen LogP contribution in [-0.2, 0) is 9.53 Å². The highest BCUT2D eigenvalue weighted by molar-refractivity contribution is 5.94. The molecule has 0 spiro atoms. The largest absolute Gasteiger partial charge is 0.508 e. The number of esters is 1. The van der Waals surface area contributed by atoms with E-state index >= 15 is 0 Å². The summed E-state index contributed by atoms with van der Waals surface area (Å²) >= 11 is 0. The number of ether oxygens (including phenoxy) is 1. The lowest BCUT2D eigenvalue weighted by Crippen LogP contribution is -2.57. The van der Waals surface area contributed by atoms with Crippen molar-refractivity contribution >= 4 is 11.9 Å². The molecule has 8 heteroatoms. The SMILES string of the molecule is C=CCN1C[C@H](C)N([C@H](c2ccc(C(=O)N3CCCN(CCCC(=O)OCC)CC3)cc2)c2cccc(O)c2)C[C@H]1C. The first-order chi connectivity index (χ1) is 20.3. The van der Waals surface area contributed by atoms with Crippen molar-refractivity contribution in [2.75, 3.05) is 59.0 Å². The molecule has 2 fully saturated rings. The zero-order chi connectivity index (χ0) is 30.1. The Morgan fingerprint density at radius 2 is 1.81 bits per heavy atom. The number of rotatable bonds is 11. The van der Waals surface area contributed by atoms with E-state index in [1.54, 1.807) is 6.07 Å². The average Bonchev–Trinajstić information content (AvgIpc) is 3.22. The van der Waals surface area contributed by atoms with E-state index in [0.717, 1.165) is 69.8 Å². The molecule has 0 aromatic heterocycles. The number of hydrogen-bond acceptors (Lipinski definition) is 7. The molecule has 1 amide bonds. The zero-order valence-electron chi connectivity index (χ0n) is 25.6. The van der Waals surface area contributed by atoms with Gasteiger partial charge >= 0.3 is 5.97 Å². The number of carbonyl (C=O) groups is 2. The van der Waals surface area contributed by atoms with Crippen LogP contribution in [0.4, 0.5) is 0 Å². The van der Waals surface area contributed by atoms with Crippen molar-refractivity contribution in [3.05, 3.63) is 77.9 Å². The summed E-state index contributed by atoms with van der Waals surface area (Å²) in [6.07, 6.45) is 4.09. The van der Waals surface area contributed by atoms with E-state index in [2.05, 4.69) is 53.3 Å². The van der Waals surface area contributed by atoms with Crippen LogP contribution in [0.1, 0.15) is 67.6 Å². The van der Waals surface area contributed by atoms with Crippen LogP contribution in [0.3, 0.4) is 0 Å². The third kappa shape index (κ3) is 8.21. The number of hydrogen-bond donors (Lipinski definition) is 1. The predicted molar refractivity (Wildman–Crippen MR) is 167 cm³/mol. The minimum atomic E-state index is -0.141. The minimum absolute atomic E-state index is 0.0362. The molecule has 0 saturated carbocycles. The van der Waals surface area contributed by atoms with Crippen LogP contribution < -0.4 is 0 Å². The number of amides is 1. The summed E-state index contributed by atoms with van der Waals surface area (Å²) in [6.45, 7) is 17.4. The van der Waals surface area contributed by atoms with Crippen LogP contribution >= 0.6 is 0 Å². The van der Waals surface area contributed by atoms with Gasteiger partial charge in [-0.05, 0) is 82.1 Å². The zero-order valence-corrected chi connectivity index (χ0v) is 25.6. The summed E-state index contributed by atoms with van der Waals surface area (Å²) in [7, 11) is 0. The van der Waals surface area contributed by atoms with Gasteiger partial charge in [-0.15, -0.1) is 6.58 Å². The molecule has 3 atom stereocenters. The van der Waals surface area contributed by atoms with E-state index in [1.165, 1.54) is 0 Å². The maximum atomic E-state index is 13.5. The maximum absolute atomic E-state index is 13.5. The summed E-state index contributed by atoms with van der Waals surface area (Å²) in [4.78, 5) is 34.4. The molecule has 1 N–H and O–H groups in total. The smallest absolute Gasteiger partial charge is 0.305 e. The van der Waals surface area contributed by atoms with Crippen molar-refractivity contribution in [1.29, 1.82) is 0 Å². The number of benzene rings is 2. The van der Waals surface area contributed by atoms with Crippen LogP contribution in [0.25, 0.3) is 0 Å². The second-order valence-corrected chi connectivity index (χ2v) is 11.7. The minimum Gasteiger partial charge on any atom is -0.508 e. The van der Waals surface area contributed by atoms with Crippen molar-refractivity contribution in [2.24, 2.45) is 0 Å². The molecular formula is C34H48N4O4. The second kappa shape index (κ2) is 15.3. The van der Waals surface area contributed by atoms with Gasteiger partial charge in [0.1, 0.15) is 5.75 Å². The van der Waals surface area contributed by atoms with Crippen molar-refractivity contribution < 1.29 is 19.4 Å². The Labute approximate surface area is 251 Å². The quantitative estimate of drug-likeness (QED) is 0.311. The Kier molecular flexibility index (Phi) is 11.6. The van der Waals surface area contributed by atoms with Gasteiger partial charge in [0.15, 0.2) is 0 Å². The lowest BCUT2D eigenvalue weighted by Gasteiger charge is -2.47. The summed E-state index contributed by atoms with van der Waals surface area (Å²) in [5, 5.41) is 10.3. The third-order valence-corrected chi connectivity index (χ3v) is 8.55. The van der Waals surface area contributed by atoms with Gasteiger partial charge in [0.2, 0.25) is 0 Å². The van der Waals surface area contributed by atoms with Crippen LogP contribution in [0.2, 0.25) is 0 Å². The Morgan fingerprint density at radius 1 is 1.02 bits per heavy atom. The Morgan fingerprint density at radius 3 is 2.52 bits per heavy atom. The van der Waals surface area contributed by atoms with Crippen LogP contribution in [0, 0.1) is 0 Å². The van der Waals surface area contributed by atoms with Gasteiger partial charge in [-0.1, -0.05) is 30.3 Å². The van der Waals surface area contributed by atoms with Crippen molar-refractivity contribution in [3.8, 4) is 5.75 Å². The van der Waals surface area contributed by atoms with Crippen molar-refractivity contribution in [2.45, 2.75) is 58.2 Å². The van der Waals surface area contributed by atoms with Crippen LogP contribution in [0.15, 0.2) is 61.2 Å². The Bertz CT molecular complexity index is 1190. The normalized spacial score (nSPS) is 21.5. The molecule has 2 aromatic rings. The first-order valence-corrected chi connectivity index (χ1v) is 15.5. The van der Waals surface area contributed by atoms with E-state index in [0.29, 0.717) is 37.2 Å². The summed E-state index contributed by atoms with van der Waals surface area (Å²) < 4.78 is 5.04. The monoisotopic (exact) mass is 576 g/mol. The van der Waals surface area contributed by atoms with Gasteiger partial charge < -0.3 is 19.6 Å². The fraction of sp³-hybridized carbons (Fsp3) is 0.529. The number of nitrogens with zero attached hydrogens (tertiary/aromatic N) is 4. The topological polar surface area (TPSA) is 76.6 Å². The molecule has 2 heterocycles. The average molecular weight is 577 g/mol. The van der Waals surface area contributed by atoms with E-state index < -0.39 is 0 Å². The Balaban J connectivity index is 1.45. The number of phenols is 1. The van der Waals surface area contributed by atoms with Crippen LogP contribution in [-0.4, -0.2) is 108 Å². The van der Waals surface area contributed by atoms with Gasteiger partial charge in [0.25, 0.3) is 5.91 Å². The first kappa shape index (κ1) is 31.7. The summed E-state index contributed by atoms with van der Waals surface area (Å²) in [5.74, 6) is 0.174. The van der Waals surface area contributed by atoms with Crippen molar-refractivity contribution in [3.63, 3.8) is 0 Å². The Hall–Kier alpha value is -3.20. The number of piperazine rings is 1. The lowest BCUT2D eigenvalue weighted by atomic mass is 9.92. The highest BCUT2D eigenvalue weighted by Gasteiger charge is 2.34. The third-order valence-electron chi connectivity index (χ3n) is 8.55. The fourth-order valence-corrected chi connectivity index (χ4v) is 6.34.